The smallest absolute Gasteiger partial charge is 0.251 e. The van der Waals surface area contributed by atoms with E-state index in [9.17, 15) is 9.18 Å². The number of hydrogen-bond acceptors (Lipinski definition) is 4. The number of fused-ring (bicyclic) bond motifs is 2. The zero-order valence-corrected chi connectivity index (χ0v) is 16.8. The van der Waals surface area contributed by atoms with E-state index in [0.29, 0.717) is 23.2 Å². The first-order valence-electron chi connectivity index (χ1n) is 10.2. The van der Waals surface area contributed by atoms with Gasteiger partial charge in [0.25, 0.3) is 5.91 Å². The summed E-state index contributed by atoms with van der Waals surface area (Å²) in [7, 11) is 2.11. The molecule has 0 bridgehead atoms. The third-order valence-corrected chi connectivity index (χ3v) is 6.07. The van der Waals surface area contributed by atoms with Crippen LogP contribution in [0.25, 0.3) is 22.3 Å². The minimum absolute atomic E-state index is 0.0617. The number of likely N-dealkylation sites (N-methyl/N-ethyl adjacent to an activating group) is 1. The normalized spacial score (nSPS) is 16.0. The molecule has 0 atom stereocenters. The largest absolute Gasteiger partial charge is 0.383 e. The minimum atomic E-state index is -0.568. The number of aromatic nitrogens is 1. The van der Waals surface area contributed by atoms with E-state index in [2.05, 4.69) is 34.4 Å². The number of hydrogen-bond donors (Lipinski definition) is 2. The van der Waals surface area contributed by atoms with Crippen LogP contribution in [0.4, 0.5) is 10.2 Å². The fourth-order valence-electron chi connectivity index (χ4n) is 4.39. The van der Waals surface area contributed by atoms with Crippen molar-refractivity contribution in [1.82, 2.24) is 15.2 Å². The van der Waals surface area contributed by atoms with Crippen LogP contribution < -0.4 is 11.1 Å². The Bertz CT molecular complexity index is 1170. The predicted octanol–water partition coefficient (Wildman–Crippen LogP) is 3.41. The highest BCUT2D eigenvalue weighted by Crippen LogP contribution is 2.34. The number of nitrogens with two attached hydrogens (primary N) is 1. The van der Waals surface area contributed by atoms with Gasteiger partial charge in [0.05, 0.1) is 0 Å². The van der Waals surface area contributed by atoms with Crippen molar-refractivity contribution < 1.29 is 9.18 Å². The summed E-state index contributed by atoms with van der Waals surface area (Å²) in [6.45, 7) is 2.51. The number of nitrogens with one attached hydrogen (secondary N) is 1. The molecule has 3 heterocycles. The van der Waals surface area contributed by atoms with Gasteiger partial charge < -0.3 is 16.0 Å². The van der Waals surface area contributed by atoms with Crippen molar-refractivity contribution in [2.45, 2.75) is 19.4 Å². The Morgan fingerprint density at radius 3 is 2.60 bits per heavy atom. The van der Waals surface area contributed by atoms with E-state index in [-0.39, 0.29) is 11.7 Å². The maximum Gasteiger partial charge on any atom is 0.251 e. The molecule has 0 saturated heterocycles. The second-order valence-corrected chi connectivity index (χ2v) is 8.11. The Morgan fingerprint density at radius 2 is 1.73 bits per heavy atom. The highest BCUT2D eigenvalue weighted by Gasteiger charge is 2.20. The molecule has 0 radical (unpaired) electrons. The quantitative estimate of drug-likeness (QED) is 0.645. The molecule has 3 aromatic rings. The van der Waals surface area contributed by atoms with Crippen LogP contribution >= 0.6 is 0 Å². The highest BCUT2D eigenvalue weighted by molar-refractivity contribution is 5.97. The molecule has 0 spiro atoms. The second kappa shape index (κ2) is 7.22. The van der Waals surface area contributed by atoms with Crippen LogP contribution in [-0.4, -0.2) is 35.9 Å². The lowest BCUT2D eigenvalue weighted by Gasteiger charge is -2.25. The summed E-state index contributed by atoms with van der Waals surface area (Å²) in [6.07, 6.45) is 1.71. The molecule has 2 aliphatic heterocycles. The van der Waals surface area contributed by atoms with Gasteiger partial charge in [-0.25, -0.2) is 4.98 Å². The van der Waals surface area contributed by atoms with Crippen LogP contribution in [0.3, 0.4) is 0 Å². The van der Waals surface area contributed by atoms with Crippen LogP contribution in [0.1, 0.15) is 27.0 Å². The Hall–Kier alpha value is -3.25. The number of benzene rings is 2. The monoisotopic (exact) mass is 402 g/mol. The first-order chi connectivity index (χ1) is 14.5. The fourth-order valence-corrected chi connectivity index (χ4v) is 4.39. The summed E-state index contributed by atoms with van der Waals surface area (Å²) in [4.78, 5) is 18.3. The zero-order chi connectivity index (χ0) is 20.8. The third-order valence-electron chi connectivity index (χ3n) is 6.07. The molecule has 152 valence electrons. The molecule has 1 aromatic heterocycles. The van der Waals surface area contributed by atoms with E-state index in [1.807, 2.05) is 18.2 Å². The Morgan fingerprint density at radius 1 is 0.967 bits per heavy atom. The van der Waals surface area contributed by atoms with Crippen molar-refractivity contribution >= 4 is 11.7 Å². The Labute approximate surface area is 174 Å². The van der Waals surface area contributed by atoms with Gasteiger partial charge in [-0.15, -0.1) is 0 Å². The molecule has 2 aromatic carbocycles. The molecule has 0 fully saturated rings. The number of nitrogens with zero attached hydrogens (tertiary/aromatic N) is 2. The molecule has 1 amide bonds. The highest BCUT2D eigenvalue weighted by atomic mass is 19.1. The lowest BCUT2D eigenvalue weighted by molar-refractivity contribution is 0.0946. The van der Waals surface area contributed by atoms with Gasteiger partial charge in [-0.1, -0.05) is 30.3 Å². The topological polar surface area (TPSA) is 71.2 Å². The van der Waals surface area contributed by atoms with E-state index in [0.717, 1.165) is 42.6 Å². The molecule has 5 nitrogen and oxygen atoms in total. The van der Waals surface area contributed by atoms with E-state index in [1.54, 1.807) is 12.1 Å². The molecule has 0 aliphatic carbocycles. The average molecular weight is 402 g/mol. The van der Waals surface area contributed by atoms with Gasteiger partial charge in [-0.05, 0) is 59.8 Å². The number of anilines is 1. The summed E-state index contributed by atoms with van der Waals surface area (Å²) in [5.41, 5.74) is 13.0. The Kier molecular flexibility index (Phi) is 4.51. The van der Waals surface area contributed by atoms with Crippen LogP contribution in [0.2, 0.25) is 0 Å². The summed E-state index contributed by atoms with van der Waals surface area (Å²) in [5.74, 6) is -0.481. The molecule has 2 aliphatic rings. The molecule has 0 unspecified atom stereocenters. The molecule has 5 rings (SSSR count). The standard InChI is InChI=1S/C24H23FN4O/c1-29-9-7-14-10-15(2-3-18(14)13-29)20-12-21(23(26)28-22(20)25)16-4-5-19-17(11-16)6-8-27-24(19)30/h2-5,10-12H,6-9,13H2,1H3,(H2,26,28)(H,27,30). The Balaban J connectivity index is 1.58. The van der Waals surface area contributed by atoms with Gasteiger partial charge in [0, 0.05) is 36.3 Å². The summed E-state index contributed by atoms with van der Waals surface area (Å²) < 4.78 is 14.8. The van der Waals surface area contributed by atoms with E-state index < -0.39 is 5.95 Å². The maximum absolute atomic E-state index is 14.8. The van der Waals surface area contributed by atoms with Gasteiger partial charge in [-0.3, -0.25) is 4.79 Å². The lowest BCUT2D eigenvalue weighted by atomic mass is 9.92. The van der Waals surface area contributed by atoms with Gasteiger partial charge >= 0.3 is 0 Å². The van der Waals surface area contributed by atoms with E-state index >= 15 is 0 Å². The fraction of sp³-hybridized carbons (Fsp3) is 0.250. The number of nitrogen functional groups attached to an aromatic ring is 1. The van der Waals surface area contributed by atoms with Crippen molar-refractivity contribution in [2.24, 2.45) is 0 Å². The number of carbonyl (C=O) groups excluding carboxylic acids is 1. The minimum Gasteiger partial charge on any atom is -0.383 e. The summed E-state index contributed by atoms with van der Waals surface area (Å²) in [5, 5.41) is 2.85. The number of carbonyl (C=O) groups is 1. The number of rotatable bonds is 2. The van der Waals surface area contributed by atoms with Crippen molar-refractivity contribution in [3.05, 3.63) is 70.7 Å². The van der Waals surface area contributed by atoms with E-state index in [1.165, 1.54) is 11.1 Å². The average Bonchev–Trinajstić information content (AvgIpc) is 2.73. The molecular weight excluding hydrogens is 379 g/mol. The lowest BCUT2D eigenvalue weighted by Crippen LogP contribution is -2.31. The molecule has 3 N–H and O–H groups in total. The zero-order valence-electron chi connectivity index (χ0n) is 16.8. The predicted molar refractivity (Wildman–Crippen MR) is 116 cm³/mol. The summed E-state index contributed by atoms with van der Waals surface area (Å²) >= 11 is 0. The van der Waals surface area contributed by atoms with Crippen LogP contribution in [-0.2, 0) is 19.4 Å². The first kappa shape index (κ1) is 18.8. The van der Waals surface area contributed by atoms with Crippen molar-refractivity contribution in [2.75, 3.05) is 25.9 Å². The van der Waals surface area contributed by atoms with Crippen molar-refractivity contribution in [1.29, 1.82) is 0 Å². The molecular formula is C24H23FN4O. The summed E-state index contributed by atoms with van der Waals surface area (Å²) in [6, 6.07) is 13.5. The number of amides is 1. The van der Waals surface area contributed by atoms with Crippen molar-refractivity contribution in [3.63, 3.8) is 0 Å². The van der Waals surface area contributed by atoms with Gasteiger partial charge in [0.2, 0.25) is 5.95 Å². The van der Waals surface area contributed by atoms with Crippen LogP contribution in [0.15, 0.2) is 42.5 Å². The van der Waals surface area contributed by atoms with Gasteiger partial charge in [-0.2, -0.15) is 4.39 Å². The number of pyridine rings is 1. The van der Waals surface area contributed by atoms with Crippen LogP contribution in [0, 0.1) is 5.95 Å². The molecule has 6 heteroatoms. The van der Waals surface area contributed by atoms with E-state index in [4.69, 9.17) is 5.73 Å². The number of halogens is 1. The molecule has 0 saturated carbocycles. The van der Waals surface area contributed by atoms with Gasteiger partial charge in [0.1, 0.15) is 5.82 Å². The molecule has 30 heavy (non-hydrogen) atoms. The SMILES string of the molecule is CN1CCc2cc(-c3cc(-c4ccc5c(c4)CCNC5=O)c(N)nc3F)ccc2C1. The van der Waals surface area contributed by atoms with Crippen LogP contribution in [0.5, 0.6) is 0 Å². The van der Waals surface area contributed by atoms with Crippen molar-refractivity contribution in [3.8, 4) is 22.3 Å². The first-order valence-corrected chi connectivity index (χ1v) is 10.2. The second-order valence-electron chi connectivity index (χ2n) is 8.11. The maximum atomic E-state index is 14.8. The van der Waals surface area contributed by atoms with Gasteiger partial charge in [0.15, 0.2) is 0 Å². The third kappa shape index (κ3) is 3.23.